The first kappa shape index (κ1) is 23.7. The van der Waals surface area contributed by atoms with Gasteiger partial charge >= 0.3 is 0 Å². The Morgan fingerprint density at radius 2 is 1.91 bits per heavy atom. The third-order valence-corrected chi connectivity index (χ3v) is 8.66. The standard InChI is InChI=1S/C25H25N3O5S2/c1-2-17-3-8-23-21(13-17)19(15-33-23)14-24(29)27-25-26-22(16-34-25)18-4-6-20(7-5-18)35(30,31)28-9-11-32-12-10-28/h3-8,13,15-16H,2,9-12,14H2,1H3,(H,26,27,29). The molecule has 0 aliphatic carbocycles. The van der Waals surface area contributed by atoms with Gasteiger partial charge in [-0.15, -0.1) is 11.3 Å². The van der Waals surface area contributed by atoms with Gasteiger partial charge in [-0.1, -0.05) is 25.1 Å². The summed E-state index contributed by atoms with van der Waals surface area (Å²) in [4.78, 5) is 17.4. The largest absolute Gasteiger partial charge is 0.464 e. The van der Waals surface area contributed by atoms with E-state index in [1.165, 1.54) is 21.2 Å². The number of carbonyl (C=O) groups excluding carboxylic acids is 1. The normalized spacial score (nSPS) is 14.9. The Labute approximate surface area is 207 Å². The Morgan fingerprint density at radius 1 is 1.14 bits per heavy atom. The third kappa shape index (κ3) is 5.01. The SMILES string of the molecule is CCc1ccc2occ(CC(=O)Nc3nc(-c4ccc(S(=O)(=O)N5CCOCC5)cc4)cs3)c2c1. The molecule has 0 saturated carbocycles. The van der Waals surface area contributed by atoms with Gasteiger partial charge < -0.3 is 14.5 Å². The van der Waals surface area contributed by atoms with Crippen LogP contribution in [0, 0.1) is 0 Å². The quantitative estimate of drug-likeness (QED) is 0.397. The van der Waals surface area contributed by atoms with E-state index in [2.05, 4.69) is 23.3 Å². The van der Waals surface area contributed by atoms with Crippen LogP contribution in [0.3, 0.4) is 0 Å². The van der Waals surface area contributed by atoms with Gasteiger partial charge in [0.25, 0.3) is 0 Å². The molecule has 35 heavy (non-hydrogen) atoms. The number of hydrogen-bond donors (Lipinski definition) is 1. The van der Waals surface area contributed by atoms with Crippen molar-refractivity contribution in [2.75, 3.05) is 31.6 Å². The van der Waals surface area contributed by atoms with Crippen LogP contribution < -0.4 is 5.32 Å². The summed E-state index contributed by atoms with van der Waals surface area (Å²) in [5.41, 5.74) is 4.23. The molecule has 1 fully saturated rings. The number of furan rings is 1. The summed E-state index contributed by atoms with van der Waals surface area (Å²) in [7, 11) is -3.55. The molecule has 0 bridgehead atoms. The van der Waals surface area contributed by atoms with Crippen LogP contribution in [0.15, 0.2) is 63.4 Å². The molecule has 8 nitrogen and oxygen atoms in total. The number of aromatic nitrogens is 1. The third-order valence-electron chi connectivity index (χ3n) is 5.99. The number of nitrogens with zero attached hydrogens (tertiary/aromatic N) is 2. The first-order chi connectivity index (χ1) is 16.9. The lowest BCUT2D eigenvalue weighted by molar-refractivity contribution is -0.115. The minimum atomic E-state index is -3.55. The maximum atomic E-state index is 12.8. The van der Waals surface area contributed by atoms with Gasteiger partial charge in [-0.25, -0.2) is 13.4 Å². The van der Waals surface area contributed by atoms with Crippen LogP contribution >= 0.6 is 11.3 Å². The molecular weight excluding hydrogens is 486 g/mol. The zero-order chi connectivity index (χ0) is 24.4. The van der Waals surface area contributed by atoms with Crippen LogP contribution in [0.25, 0.3) is 22.2 Å². The van der Waals surface area contributed by atoms with Crippen molar-refractivity contribution < 1.29 is 22.4 Å². The number of morpholine rings is 1. The number of benzene rings is 2. The molecule has 0 spiro atoms. The highest BCUT2D eigenvalue weighted by Gasteiger charge is 2.26. The number of carbonyl (C=O) groups is 1. The number of ether oxygens (including phenoxy) is 1. The molecule has 1 amide bonds. The van der Waals surface area contributed by atoms with Crippen molar-refractivity contribution in [1.82, 2.24) is 9.29 Å². The lowest BCUT2D eigenvalue weighted by atomic mass is 10.1. The van der Waals surface area contributed by atoms with Crippen molar-refractivity contribution in [3.8, 4) is 11.3 Å². The highest BCUT2D eigenvalue weighted by Crippen LogP contribution is 2.28. The number of hydrogen-bond acceptors (Lipinski definition) is 7. The van der Waals surface area contributed by atoms with Crippen LogP contribution in [0.4, 0.5) is 5.13 Å². The molecule has 1 N–H and O–H groups in total. The van der Waals surface area contributed by atoms with Gasteiger partial charge in [-0.3, -0.25) is 4.79 Å². The molecular formula is C25H25N3O5S2. The second kappa shape index (κ2) is 9.90. The first-order valence-electron chi connectivity index (χ1n) is 11.4. The summed E-state index contributed by atoms with van der Waals surface area (Å²) in [6.07, 6.45) is 2.72. The molecule has 2 aromatic heterocycles. The molecule has 1 aliphatic heterocycles. The Morgan fingerprint density at radius 3 is 2.66 bits per heavy atom. The molecule has 5 rings (SSSR count). The van der Waals surface area contributed by atoms with Crippen molar-refractivity contribution >= 4 is 43.4 Å². The van der Waals surface area contributed by atoms with E-state index in [1.54, 1.807) is 30.5 Å². The van der Waals surface area contributed by atoms with E-state index in [1.807, 2.05) is 17.5 Å². The fourth-order valence-electron chi connectivity index (χ4n) is 4.02. The summed E-state index contributed by atoms with van der Waals surface area (Å²) in [5, 5.41) is 6.12. The Bertz CT molecular complexity index is 1450. The number of anilines is 1. The zero-order valence-corrected chi connectivity index (χ0v) is 20.8. The van der Waals surface area contributed by atoms with Gasteiger partial charge in [0.05, 0.1) is 36.5 Å². The van der Waals surface area contributed by atoms with Gasteiger partial charge in [-0.2, -0.15) is 4.31 Å². The highest BCUT2D eigenvalue weighted by molar-refractivity contribution is 7.89. The van der Waals surface area contributed by atoms with Crippen LogP contribution in [-0.4, -0.2) is 49.9 Å². The van der Waals surface area contributed by atoms with E-state index in [9.17, 15) is 13.2 Å². The van der Waals surface area contributed by atoms with E-state index in [-0.39, 0.29) is 17.2 Å². The number of sulfonamides is 1. The fraction of sp³-hybridized carbons (Fsp3) is 0.280. The number of aryl methyl sites for hydroxylation is 1. The topological polar surface area (TPSA) is 102 Å². The first-order valence-corrected chi connectivity index (χ1v) is 13.7. The zero-order valence-electron chi connectivity index (χ0n) is 19.2. The van der Waals surface area contributed by atoms with Crippen molar-refractivity contribution in [2.24, 2.45) is 0 Å². The van der Waals surface area contributed by atoms with Gasteiger partial charge in [0.2, 0.25) is 15.9 Å². The number of rotatable bonds is 7. The van der Waals surface area contributed by atoms with E-state index in [4.69, 9.17) is 9.15 Å². The highest BCUT2D eigenvalue weighted by atomic mass is 32.2. The van der Waals surface area contributed by atoms with Crippen LogP contribution in [0.5, 0.6) is 0 Å². The number of nitrogens with one attached hydrogen (secondary N) is 1. The van der Waals surface area contributed by atoms with E-state index in [0.717, 1.165) is 28.5 Å². The summed E-state index contributed by atoms with van der Waals surface area (Å²) in [6.45, 7) is 3.61. The predicted octanol–water partition coefficient (Wildman–Crippen LogP) is 4.32. The second-order valence-corrected chi connectivity index (χ2v) is 11.0. The molecule has 182 valence electrons. The van der Waals surface area contributed by atoms with Crippen molar-refractivity contribution in [1.29, 1.82) is 0 Å². The molecule has 0 radical (unpaired) electrons. The number of fused-ring (bicyclic) bond motifs is 1. The van der Waals surface area contributed by atoms with Crippen molar-refractivity contribution in [2.45, 2.75) is 24.7 Å². The summed E-state index contributed by atoms with van der Waals surface area (Å²) < 4.78 is 37.9. The molecule has 0 atom stereocenters. The lowest BCUT2D eigenvalue weighted by Crippen LogP contribution is -2.40. The van der Waals surface area contributed by atoms with Gasteiger partial charge in [0.15, 0.2) is 5.13 Å². The Hall–Kier alpha value is -3.05. The molecule has 1 aliphatic rings. The average Bonchev–Trinajstić information content (AvgIpc) is 3.51. The number of amides is 1. The lowest BCUT2D eigenvalue weighted by Gasteiger charge is -2.26. The molecule has 10 heteroatoms. The van der Waals surface area contributed by atoms with Crippen molar-refractivity contribution in [3.63, 3.8) is 0 Å². The van der Waals surface area contributed by atoms with Crippen LogP contribution in [-0.2, 0) is 32.4 Å². The summed E-state index contributed by atoms with van der Waals surface area (Å²) in [5.74, 6) is -0.178. The van der Waals surface area contributed by atoms with Crippen LogP contribution in [0.1, 0.15) is 18.1 Å². The molecule has 4 aromatic rings. The van der Waals surface area contributed by atoms with Crippen molar-refractivity contribution in [3.05, 3.63) is 65.2 Å². The molecule has 2 aromatic carbocycles. The van der Waals surface area contributed by atoms with E-state index >= 15 is 0 Å². The van der Waals surface area contributed by atoms with Crippen LogP contribution in [0.2, 0.25) is 0 Å². The summed E-state index contributed by atoms with van der Waals surface area (Å²) in [6, 6.07) is 12.7. The fourth-order valence-corrected chi connectivity index (χ4v) is 6.16. The molecule has 0 unspecified atom stereocenters. The molecule has 3 heterocycles. The van der Waals surface area contributed by atoms with E-state index < -0.39 is 10.0 Å². The summed E-state index contributed by atoms with van der Waals surface area (Å²) >= 11 is 1.32. The Kier molecular flexibility index (Phi) is 6.70. The smallest absolute Gasteiger partial charge is 0.243 e. The maximum Gasteiger partial charge on any atom is 0.243 e. The van der Waals surface area contributed by atoms with Gasteiger partial charge in [0, 0.05) is 35.0 Å². The Balaban J connectivity index is 1.26. The average molecular weight is 512 g/mol. The predicted molar refractivity (Wildman–Crippen MR) is 135 cm³/mol. The second-order valence-electron chi connectivity index (χ2n) is 8.25. The molecule has 1 saturated heterocycles. The van der Waals surface area contributed by atoms with Gasteiger partial charge in [0.1, 0.15) is 5.58 Å². The minimum absolute atomic E-state index is 0.178. The monoisotopic (exact) mass is 511 g/mol. The maximum absolute atomic E-state index is 12.8. The van der Waals surface area contributed by atoms with Gasteiger partial charge in [-0.05, 0) is 36.2 Å². The minimum Gasteiger partial charge on any atom is -0.464 e. The number of thiazole rings is 1. The van der Waals surface area contributed by atoms with E-state index in [0.29, 0.717) is 37.1 Å².